The first-order chi connectivity index (χ1) is 13.8. The number of piperidine rings is 1. The molecule has 2 fully saturated rings. The van der Waals surface area contributed by atoms with Crippen LogP contribution < -0.4 is 10.6 Å². The number of carboxylic acid groups (broad SMARTS) is 1. The zero-order valence-electron chi connectivity index (χ0n) is 17.4. The lowest BCUT2D eigenvalue weighted by Gasteiger charge is -2.34. The van der Waals surface area contributed by atoms with E-state index >= 15 is 0 Å². The van der Waals surface area contributed by atoms with E-state index in [1.165, 1.54) is 0 Å². The van der Waals surface area contributed by atoms with Gasteiger partial charge in [-0.25, -0.2) is 13.4 Å². The third-order valence-electron chi connectivity index (χ3n) is 5.88. The third kappa shape index (κ3) is 7.04. The number of aromatic nitrogens is 2. The fourth-order valence-electron chi connectivity index (χ4n) is 4.44. The van der Waals surface area contributed by atoms with Crippen molar-refractivity contribution >= 4 is 53.2 Å². The Hall–Kier alpha value is -1.40. The molecule has 0 bridgehead atoms. The number of halogens is 2. The first kappa shape index (κ1) is 27.6. The summed E-state index contributed by atoms with van der Waals surface area (Å²) in [5.74, 6) is -0.442. The number of hydrogen-bond acceptors (Lipinski definition) is 6. The summed E-state index contributed by atoms with van der Waals surface area (Å²) < 4.78 is 27.2. The van der Waals surface area contributed by atoms with Gasteiger partial charge in [-0.1, -0.05) is 0 Å². The molecule has 0 atom stereocenters. The molecule has 13 heteroatoms. The molecule has 1 amide bonds. The Bertz CT molecular complexity index is 836. The molecular formula is C18H31Cl2N5O5S. The van der Waals surface area contributed by atoms with E-state index < -0.39 is 22.5 Å². The van der Waals surface area contributed by atoms with E-state index in [9.17, 15) is 18.0 Å². The van der Waals surface area contributed by atoms with Crippen molar-refractivity contribution < 1.29 is 23.1 Å². The van der Waals surface area contributed by atoms with Crippen LogP contribution in [0.1, 0.15) is 56.2 Å². The van der Waals surface area contributed by atoms with E-state index in [0.29, 0.717) is 25.2 Å². The first-order valence-corrected chi connectivity index (χ1v) is 11.8. The van der Waals surface area contributed by atoms with E-state index in [4.69, 9.17) is 5.11 Å². The maximum absolute atomic E-state index is 12.0. The molecule has 2 aliphatic rings. The average Bonchev–Trinajstić information content (AvgIpc) is 3.10. The predicted molar refractivity (Wildman–Crippen MR) is 122 cm³/mol. The Balaban J connectivity index is 0.00000240. The van der Waals surface area contributed by atoms with Crippen LogP contribution in [0, 0.1) is 0 Å². The summed E-state index contributed by atoms with van der Waals surface area (Å²) in [7, 11) is -3.59. The van der Waals surface area contributed by atoms with Crippen molar-refractivity contribution in [1.82, 2.24) is 19.2 Å². The van der Waals surface area contributed by atoms with Crippen molar-refractivity contribution in [3.05, 3.63) is 11.9 Å². The molecule has 1 saturated heterocycles. The SMILES string of the molecule is CS(=O)(=O)N(CC(=O)O)[C@H]1CC[C@H](c2cn(C3CCNCC3)c(NC=O)n2)CC1.Cl.Cl. The molecule has 0 radical (unpaired) electrons. The number of carboxylic acids is 1. The summed E-state index contributed by atoms with van der Waals surface area (Å²) in [6, 6.07) is -0.0241. The van der Waals surface area contributed by atoms with Crippen LogP contribution in [-0.4, -0.2) is 71.7 Å². The van der Waals surface area contributed by atoms with Crippen LogP contribution in [0.4, 0.5) is 5.95 Å². The minimum absolute atomic E-state index is 0. The molecule has 2 heterocycles. The van der Waals surface area contributed by atoms with Crippen molar-refractivity contribution in [2.45, 2.75) is 56.5 Å². The highest BCUT2D eigenvalue weighted by molar-refractivity contribution is 7.88. The summed E-state index contributed by atoms with van der Waals surface area (Å²) in [5, 5.41) is 15.1. The highest BCUT2D eigenvalue weighted by Crippen LogP contribution is 2.36. The van der Waals surface area contributed by atoms with Crippen molar-refractivity contribution in [3.63, 3.8) is 0 Å². The lowest BCUT2D eigenvalue weighted by molar-refractivity contribution is -0.137. The van der Waals surface area contributed by atoms with Crippen molar-refractivity contribution in [1.29, 1.82) is 0 Å². The van der Waals surface area contributed by atoms with Gasteiger partial charge in [0.05, 0.1) is 11.9 Å². The predicted octanol–water partition coefficient (Wildman–Crippen LogP) is 1.59. The standard InChI is InChI=1S/C18H29N5O5S.2ClH/c1-29(27,28)23(11-17(25)26)15-4-2-13(3-5-15)16-10-22(18(21-16)20-12-24)14-6-8-19-9-7-14;;/h10,12-15,19H,2-9,11H2,1H3,(H,25,26)(H,20,21,24);2*1H/t13-,15-;;. The Kier molecular flexibility index (Phi) is 10.7. The van der Waals surface area contributed by atoms with Crippen molar-refractivity contribution in [2.24, 2.45) is 0 Å². The Morgan fingerprint density at radius 2 is 1.87 bits per heavy atom. The van der Waals surface area contributed by atoms with Crippen LogP contribution in [0.2, 0.25) is 0 Å². The second-order valence-corrected chi connectivity index (χ2v) is 9.78. The summed E-state index contributed by atoms with van der Waals surface area (Å²) in [6.07, 6.45) is 8.25. The van der Waals surface area contributed by atoms with Crippen molar-refractivity contribution in [2.75, 3.05) is 31.2 Å². The highest BCUT2D eigenvalue weighted by atomic mass is 35.5. The number of rotatable bonds is 8. The maximum atomic E-state index is 12.0. The second kappa shape index (κ2) is 12.0. The molecule has 1 saturated carbocycles. The molecule has 31 heavy (non-hydrogen) atoms. The molecule has 178 valence electrons. The second-order valence-electron chi connectivity index (χ2n) is 7.85. The van der Waals surface area contributed by atoms with Gasteiger partial charge in [-0.15, -0.1) is 24.8 Å². The number of nitrogens with one attached hydrogen (secondary N) is 2. The van der Waals surface area contributed by atoms with Crippen LogP contribution in [0.5, 0.6) is 0 Å². The fourth-order valence-corrected chi connectivity index (χ4v) is 5.54. The number of nitrogens with zero attached hydrogens (tertiary/aromatic N) is 3. The molecule has 1 aliphatic heterocycles. The Morgan fingerprint density at radius 3 is 2.39 bits per heavy atom. The number of carbonyl (C=O) groups excluding carboxylic acids is 1. The number of sulfonamides is 1. The van der Waals surface area contributed by atoms with E-state index in [-0.39, 0.29) is 42.8 Å². The summed E-state index contributed by atoms with van der Waals surface area (Å²) >= 11 is 0. The van der Waals surface area contributed by atoms with Crippen LogP contribution >= 0.6 is 24.8 Å². The van der Waals surface area contributed by atoms with Gasteiger partial charge < -0.3 is 15.0 Å². The zero-order valence-corrected chi connectivity index (χ0v) is 19.8. The number of amides is 1. The van der Waals surface area contributed by atoms with Gasteiger partial charge in [-0.05, 0) is 51.6 Å². The lowest BCUT2D eigenvalue weighted by Crippen LogP contribution is -2.44. The highest BCUT2D eigenvalue weighted by Gasteiger charge is 2.34. The number of anilines is 1. The Morgan fingerprint density at radius 1 is 1.26 bits per heavy atom. The summed E-state index contributed by atoms with van der Waals surface area (Å²) in [5.41, 5.74) is 0.899. The third-order valence-corrected chi connectivity index (χ3v) is 7.16. The van der Waals surface area contributed by atoms with Gasteiger partial charge in [0.1, 0.15) is 6.54 Å². The fraction of sp³-hybridized carbons (Fsp3) is 0.722. The zero-order chi connectivity index (χ0) is 21.0. The van der Waals surface area contributed by atoms with Gasteiger partial charge >= 0.3 is 5.97 Å². The molecule has 0 spiro atoms. The van der Waals surface area contributed by atoms with Gasteiger partial charge in [-0.2, -0.15) is 4.31 Å². The number of aliphatic carboxylic acids is 1. The average molecular weight is 500 g/mol. The molecule has 1 aromatic heterocycles. The van der Waals surface area contributed by atoms with E-state index in [1.54, 1.807) is 0 Å². The monoisotopic (exact) mass is 499 g/mol. The number of carbonyl (C=O) groups is 2. The quantitative estimate of drug-likeness (QED) is 0.462. The smallest absolute Gasteiger partial charge is 0.318 e. The van der Waals surface area contributed by atoms with Gasteiger partial charge in [0.15, 0.2) is 0 Å². The molecule has 0 unspecified atom stereocenters. The molecule has 1 aromatic rings. The normalized spacial score (nSPS) is 22.3. The van der Waals surface area contributed by atoms with Crippen molar-refractivity contribution in [3.8, 4) is 0 Å². The Labute approximate surface area is 195 Å². The lowest BCUT2D eigenvalue weighted by atomic mass is 9.84. The van der Waals surface area contributed by atoms with Crippen LogP contribution in [0.3, 0.4) is 0 Å². The number of imidazole rings is 1. The topological polar surface area (TPSA) is 134 Å². The molecule has 10 nitrogen and oxygen atoms in total. The summed E-state index contributed by atoms with van der Waals surface area (Å²) in [6.45, 7) is 1.34. The largest absolute Gasteiger partial charge is 0.480 e. The first-order valence-electron chi connectivity index (χ1n) is 9.98. The van der Waals surface area contributed by atoms with Gasteiger partial charge in [-0.3, -0.25) is 14.9 Å². The van der Waals surface area contributed by atoms with Gasteiger partial charge in [0.2, 0.25) is 22.4 Å². The van der Waals surface area contributed by atoms with Crippen LogP contribution in [0.25, 0.3) is 0 Å². The van der Waals surface area contributed by atoms with Gasteiger partial charge in [0.25, 0.3) is 0 Å². The van der Waals surface area contributed by atoms with Crippen LogP contribution in [-0.2, 0) is 19.6 Å². The van der Waals surface area contributed by atoms with E-state index in [2.05, 4.69) is 15.6 Å². The van der Waals surface area contributed by atoms with E-state index in [0.717, 1.165) is 55.0 Å². The minimum atomic E-state index is -3.59. The molecule has 1 aliphatic carbocycles. The maximum Gasteiger partial charge on any atom is 0.318 e. The van der Waals surface area contributed by atoms with E-state index in [1.807, 2.05) is 10.8 Å². The minimum Gasteiger partial charge on any atom is -0.480 e. The van der Waals surface area contributed by atoms with Gasteiger partial charge in [0, 0.05) is 24.2 Å². The molecule has 3 rings (SSSR count). The molecular weight excluding hydrogens is 469 g/mol. The molecule has 3 N–H and O–H groups in total. The molecule has 0 aromatic carbocycles. The number of hydrogen-bond donors (Lipinski definition) is 3. The van der Waals surface area contributed by atoms with Crippen LogP contribution in [0.15, 0.2) is 6.20 Å². The summed E-state index contributed by atoms with van der Waals surface area (Å²) in [4.78, 5) is 26.7.